The smallest absolute Gasteiger partial charge is 0.0847 e. The molecule has 0 amide bonds. The molecule has 1 aromatic heterocycles. The Balaban J connectivity index is 3.02. The number of ether oxygens (including phenoxy) is 1. The van der Waals surface area contributed by atoms with E-state index < -0.39 is 0 Å². The number of methoxy groups -OCH3 is 1. The van der Waals surface area contributed by atoms with Crippen LogP contribution in [-0.2, 0) is 18.2 Å². The van der Waals surface area contributed by atoms with E-state index in [0.717, 1.165) is 29.4 Å². The first-order valence-electron chi connectivity index (χ1n) is 7.16. The molecule has 20 heavy (non-hydrogen) atoms. The average Bonchev–Trinajstić information content (AvgIpc) is 2.55. The lowest BCUT2D eigenvalue weighted by atomic mass is 9.83. The minimum absolute atomic E-state index is 0.0572. The molecule has 0 aliphatic heterocycles. The second-order valence-electron chi connectivity index (χ2n) is 6.36. The third-order valence-corrected chi connectivity index (χ3v) is 4.11. The van der Waals surface area contributed by atoms with Gasteiger partial charge in [-0.25, -0.2) is 0 Å². The Morgan fingerprint density at radius 1 is 1.40 bits per heavy atom. The summed E-state index contributed by atoms with van der Waals surface area (Å²) < 4.78 is 7.63. The average molecular weight is 302 g/mol. The molecule has 1 aromatic rings. The van der Waals surface area contributed by atoms with Crippen molar-refractivity contribution in [2.24, 2.45) is 12.5 Å². The maximum atomic E-state index is 6.37. The lowest BCUT2D eigenvalue weighted by Gasteiger charge is -2.36. The van der Waals surface area contributed by atoms with Gasteiger partial charge in [0.05, 0.1) is 22.5 Å². The highest BCUT2D eigenvalue weighted by atomic mass is 35.5. The van der Waals surface area contributed by atoms with Gasteiger partial charge in [0.15, 0.2) is 0 Å². The molecule has 0 saturated heterocycles. The molecule has 0 saturated carbocycles. The van der Waals surface area contributed by atoms with E-state index in [0.29, 0.717) is 0 Å². The van der Waals surface area contributed by atoms with E-state index >= 15 is 0 Å². The number of hydrogen-bond donors (Lipinski definition) is 1. The summed E-state index contributed by atoms with van der Waals surface area (Å²) in [4.78, 5) is 0. The van der Waals surface area contributed by atoms with E-state index in [2.05, 4.69) is 38.1 Å². The maximum Gasteiger partial charge on any atom is 0.0847 e. The van der Waals surface area contributed by atoms with Crippen LogP contribution in [0.2, 0.25) is 5.02 Å². The summed E-state index contributed by atoms with van der Waals surface area (Å²) in [5, 5.41) is 8.68. The van der Waals surface area contributed by atoms with Gasteiger partial charge in [-0.1, -0.05) is 39.3 Å². The predicted molar refractivity (Wildman–Crippen MR) is 84.4 cm³/mol. The largest absolute Gasteiger partial charge is 0.379 e. The minimum Gasteiger partial charge on any atom is -0.379 e. The Bertz CT molecular complexity index is 437. The second kappa shape index (κ2) is 6.92. The molecule has 0 radical (unpaired) electrons. The Morgan fingerprint density at radius 2 is 2.00 bits per heavy atom. The van der Waals surface area contributed by atoms with Crippen LogP contribution in [0.4, 0.5) is 0 Å². The molecule has 2 unspecified atom stereocenters. The van der Waals surface area contributed by atoms with E-state index in [1.54, 1.807) is 7.11 Å². The van der Waals surface area contributed by atoms with Crippen LogP contribution in [-0.4, -0.2) is 35.6 Å². The van der Waals surface area contributed by atoms with E-state index in [1.807, 2.05) is 18.7 Å². The van der Waals surface area contributed by atoms with E-state index in [1.165, 1.54) is 0 Å². The molecule has 1 heterocycles. The highest BCUT2D eigenvalue weighted by molar-refractivity contribution is 6.31. The van der Waals surface area contributed by atoms with Crippen LogP contribution in [0.25, 0.3) is 0 Å². The van der Waals surface area contributed by atoms with E-state index in [9.17, 15) is 0 Å². The molecule has 0 bridgehead atoms. The monoisotopic (exact) mass is 301 g/mol. The molecule has 116 valence electrons. The zero-order valence-electron chi connectivity index (χ0n) is 13.7. The molecule has 5 heteroatoms. The predicted octanol–water partition coefficient (Wildman–Crippen LogP) is 2.96. The van der Waals surface area contributed by atoms with Crippen molar-refractivity contribution in [2.45, 2.75) is 53.2 Å². The zero-order chi connectivity index (χ0) is 15.5. The Kier molecular flexibility index (Phi) is 6.05. The molecule has 0 fully saturated rings. The fourth-order valence-corrected chi connectivity index (χ4v) is 3.02. The van der Waals surface area contributed by atoms with Gasteiger partial charge < -0.3 is 10.1 Å². The van der Waals surface area contributed by atoms with Crippen LogP contribution in [0.15, 0.2) is 0 Å². The van der Waals surface area contributed by atoms with Crippen molar-refractivity contribution in [3.8, 4) is 0 Å². The summed E-state index contributed by atoms with van der Waals surface area (Å²) in [5.41, 5.74) is 1.99. The Morgan fingerprint density at radius 3 is 2.35 bits per heavy atom. The molecule has 1 rings (SSSR count). The third-order valence-electron chi connectivity index (χ3n) is 3.61. The number of rotatable bonds is 6. The van der Waals surface area contributed by atoms with Crippen LogP contribution in [0.1, 0.15) is 39.1 Å². The minimum atomic E-state index is 0.0572. The maximum absolute atomic E-state index is 6.37. The number of halogens is 1. The molecule has 2 atom stereocenters. The summed E-state index contributed by atoms with van der Waals surface area (Å²) in [5.74, 6) is 0. The fourth-order valence-electron chi connectivity index (χ4n) is 2.78. The van der Waals surface area contributed by atoms with Crippen LogP contribution in [0.3, 0.4) is 0 Å². The van der Waals surface area contributed by atoms with Crippen LogP contribution in [0.5, 0.6) is 0 Å². The van der Waals surface area contributed by atoms with Gasteiger partial charge in [-0.15, -0.1) is 0 Å². The van der Waals surface area contributed by atoms with Gasteiger partial charge in [0.2, 0.25) is 0 Å². The first-order valence-corrected chi connectivity index (χ1v) is 7.54. The van der Waals surface area contributed by atoms with E-state index in [-0.39, 0.29) is 17.6 Å². The molecule has 0 spiro atoms. The van der Waals surface area contributed by atoms with E-state index in [4.69, 9.17) is 16.3 Å². The molecular weight excluding hydrogens is 274 g/mol. The van der Waals surface area contributed by atoms with Crippen LogP contribution < -0.4 is 5.32 Å². The molecule has 0 aromatic carbocycles. The van der Waals surface area contributed by atoms with Crippen molar-refractivity contribution in [1.29, 1.82) is 0 Å². The summed E-state index contributed by atoms with van der Waals surface area (Å²) in [7, 11) is 3.71. The van der Waals surface area contributed by atoms with Gasteiger partial charge >= 0.3 is 0 Å². The number of nitrogens with one attached hydrogen (secondary N) is 1. The van der Waals surface area contributed by atoms with Crippen LogP contribution >= 0.6 is 11.6 Å². The highest BCUT2D eigenvalue weighted by Crippen LogP contribution is 2.28. The second-order valence-corrected chi connectivity index (χ2v) is 6.74. The first kappa shape index (κ1) is 17.5. The topological polar surface area (TPSA) is 39.1 Å². The lowest BCUT2D eigenvalue weighted by Crippen LogP contribution is -2.49. The van der Waals surface area contributed by atoms with Crippen molar-refractivity contribution in [3.05, 3.63) is 16.4 Å². The number of hydrogen-bond acceptors (Lipinski definition) is 3. The summed E-state index contributed by atoms with van der Waals surface area (Å²) in [6.45, 7) is 11.5. The lowest BCUT2D eigenvalue weighted by molar-refractivity contribution is -0.0110. The Hall–Kier alpha value is -0.580. The van der Waals surface area contributed by atoms with Crippen molar-refractivity contribution < 1.29 is 4.74 Å². The standard InChI is InChI=1S/C15H28ClN3O/c1-8-17-11(14(20-7)15(3,4)5)9-12-13(16)10(2)18-19(12)6/h11,14,17H,8-9H2,1-7H3. The molecule has 0 aliphatic rings. The van der Waals surface area contributed by atoms with Crippen molar-refractivity contribution in [1.82, 2.24) is 15.1 Å². The quantitative estimate of drug-likeness (QED) is 0.878. The normalized spacial score (nSPS) is 15.4. The Labute approximate surface area is 127 Å². The van der Waals surface area contributed by atoms with Gasteiger partial charge in [-0.2, -0.15) is 5.10 Å². The van der Waals surface area contributed by atoms with Gasteiger partial charge in [0.1, 0.15) is 0 Å². The molecule has 1 N–H and O–H groups in total. The molecule has 0 aliphatic carbocycles. The summed E-state index contributed by atoms with van der Waals surface area (Å²) in [6, 6.07) is 0.206. The van der Waals surface area contributed by atoms with Crippen molar-refractivity contribution in [2.75, 3.05) is 13.7 Å². The number of nitrogens with zero attached hydrogens (tertiary/aromatic N) is 2. The van der Waals surface area contributed by atoms with Gasteiger partial charge in [0.25, 0.3) is 0 Å². The van der Waals surface area contributed by atoms with Gasteiger partial charge in [-0.05, 0) is 18.9 Å². The number of likely N-dealkylation sites (N-methyl/N-ethyl adjacent to an activating group) is 1. The molecular formula is C15H28ClN3O. The van der Waals surface area contributed by atoms with Gasteiger partial charge in [0, 0.05) is 26.6 Å². The zero-order valence-corrected chi connectivity index (χ0v) is 14.5. The number of aryl methyl sites for hydroxylation is 2. The van der Waals surface area contributed by atoms with Gasteiger partial charge in [-0.3, -0.25) is 4.68 Å². The summed E-state index contributed by atoms with van der Waals surface area (Å²) >= 11 is 6.37. The highest BCUT2D eigenvalue weighted by Gasteiger charge is 2.33. The van der Waals surface area contributed by atoms with Crippen molar-refractivity contribution >= 4 is 11.6 Å². The third kappa shape index (κ3) is 3.96. The molecule has 4 nitrogen and oxygen atoms in total. The summed E-state index contributed by atoms with van der Waals surface area (Å²) in [6.07, 6.45) is 0.911. The first-order chi connectivity index (χ1) is 9.22. The fraction of sp³-hybridized carbons (Fsp3) is 0.800. The SMILES string of the molecule is CCNC(Cc1c(Cl)c(C)nn1C)C(OC)C(C)(C)C. The van der Waals surface area contributed by atoms with Crippen molar-refractivity contribution in [3.63, 3.8) is 0 Å². The van der Waals surface area contributed by atoms with Crippen LogP contribution in [0, 0.1) is 12.3 Å². The number of aromatic nitrogens is 2.